The molecule has 0 saturated heterocycles. The summed E-state index contributed by atoms with van der Waals surface area (Å²) in [4.78, 5) is 4.74. The van der Waals surface area contributed by atoms with E-state index in [2.05, 4.69) is 44.4 Å². The van der Waals surface area contributed by atoms with E-state index < -0.39 is 5.60 Å². The van der Waals surface area contributed by atoms with Crippen molar-refractivity contribution in [2.75, 3.05) is 18.8 Å². The zero-order chi connectivity index (χ0) is 19.5. The summed E-state index contributed by atoms with van der Waals surface area (Å²) in [6, 6.07) is 8.31. The first-order valence-electron chi connectivity index (χ1n) is 10.0. The first-order valence-corrected chi connectivity index (χ1v) is 11.1. The fourth-order valence-electron chi connectivity index (χ4n) is 3.85. The van der Waals surface area contributed by atoms with E-state index in [1.54, 1.807) is 0 Å². The van der Waals surface area contributed by atoms with Crippen LogP contribution in [-0.2, 0) is 0 Å². The van der Waals surface area contributed by atoms with Crippen molar-refractivity contribution in [3.05, 3.63) is 29.8 Å². The Hall–Kier alpha value is -1.40. The molecule has 1 aliphatic carbocycles. The number of nitrogens with one attached hydrogen (secondary N) is 2. The summed E-state index contributed by atoms with van der Waals surface area (Å²) < 4.78 is 6.13. The predicted octanol–water partition coefficient (Wildman–Crippen LogP) is 3.49. The molecule has 5 nitrogen and oxygen atoms in total. The van der Waals surface area contributed by atoms with Gasteiger partial charge >= 0.3 is 0 Å². The first-order chi connectivity index (χ1) is 12.9. The molecule has 0 bridgehead atoms. The van der Waals surface area contributed by atoms with Crippen LogP contribution in [0.1, 0.15) is 58.6 Å². The third kappa shape index (κ3) is 4.72. The van der Waals surface area contributed by atoms with Gasteiger partial charge in [-0.2, -0.15) is 11.8 Å². The number of fused-ring (bicyclic) bond motifs is 1. The number of aliphatic imine (C=N–C) groups is 1. The van der Waals surface area contributed by atoms with Gasteiger partial charge in [-0.05, 0) is 45.4 Å². The summed E-state index contributed by atoms with van der Waals surface area (Å²) in [5.74, 6) is 2.72. The average molecular weight is 392 g/mol. The highest BCUT2D eigenvalue weighted by atomic mass is 32.2. The van der Waals surface area contributed by atoms with Gasteiger partial charge in [-0.15, -0.1) is 0 Å². The number of thioether (sulfide) groups is 1. The number of guanidine groups is 1. The molecule has 1 fully saturated rings. The molecule has 0 aromatic heterocycles. The molecule has 3 unspecified atom stereocenters. The maximum atomic E-state index is 10.9. The van der Waals surface area contributed by atoms with Crippen LogP contribution >= 0.6 is 11.8 Å². The molecule has 2 aliphatic rings. The van der Waals surface area contributed by atoms with Crippen LogP contribution in [0.4, 0.5) is 0 Å². The summed E-state index contributed by atoms with van der Waals surface area (Å²) in [6.45, 7) is 9.66. The van der Waals surface area contributed by atoms with Crippen molar-refractivity contribution in [3.8, 4) is 5.75 Å². The largest absolute Gasteiger partial charge is 0.487 e. The molecule has 6 heteroatoms. The van der Waals surface area contributed by atoms with E-state index in [4.69, 9.17) is 9.73 Å². The van der Waals surface area contributed by atoms with Gasteiger partial charge in [-0.1, -0.05) is 25.1 Å². The SMILES string of the molecule is CCNC(=NCC1(O)CCC1SCC)NC1CC(C)(C)Oc2ccccc21. The van der Waals surface area contributed by atoms with E-state index in [9.17, 15) is 5.11 Å². The minimum Gasteiger partial charge on any atom is -0.487 e. The molecule has 1 aromatic carbocycles. The number of nitrogens with zero attached hydrogens (tertiary/aromatic N) is 1. The Morgan fingerprint density at radius 3 is 2.78 bits per heavy atom. The van der Waals surface area contributed by atoms with Crippen molar-refractivity contribution in [2.45, 2.75) is 69.5 Å². The topological polar surface area (TPSA) is 65.9 Å². The molecule has 3 N–H and O–H groups in total. The van der Waals surface area contributed by atoms with Crippen molar-refractivity contribution < 1.29 is 9.84 Å². The number of para-hydroxylation sites is 1. The molecule has 1 saturated carbocycles. The van der Waals surface area contributed by atoms with Gasteiger partial charge in [0.05, 0.1) is 18.2 Å². The van der Waals surface area contributed by atoms with Gasteiger partial charge in [-0.3, -0.25) is 4.99 Å². The first kappa shape index (κ1) is 20.3. The second-order valence-corrected chi connectivity index (χ2v) is 9.56. The van der Waals surface area contributed by atoms with Crippen LogP contribution in [0.25, 0.3) is 0 Å². The Labute approximate surface area is 167 Å². The minimum atomic E-state index is -0.671. The van der Waals surface area contributed by atoms with Gasteiger partial charge in [0.25, 0.3) is 0 Å². The number of benzene rings is 1. The maximum absolute atomic E-state index is 10.9. The zero-order valence-corrected chi connectivity index (χ0v) is 17.7. The van der Waals surface area contributed by atoms with Crippen molar-refractivity contribution in [1.82, 2.24) is 10.6 Å². The van der Waals surface area contributed by atoms with Crippen LogP contribution in [0.3, 0.4) is 0 Å². The fraction of sp³-hybridized carbons (Fsp3) is 0.667. The predicted molar refractivity (Wildman–Crippen MR) is 114 cm³/mol. The molecule has 1 heterocycles. The maximum Gasteiger partial charge on any atom is 0.191 e. The van der Waals surface area contributed by atoms with Crippen LogP contribution in [0.15, 0.2) is 29.3 Å². The number of rotatable bonds is 6. The second-order valence-electron chi connectivity index (χ2n) is 8.08. The molecule has 0 amide bonds. The molecule has 150 valence electrons. The van der Waals surface area contributed by atoms with Gasteiger partial charge in [0.15, 0.2) is 5.96 Å². The lowest BCUT2D eigenvalue weighted by molar-refractivity contribution is -0.0155. The van der Waals surface area contributed by atoms with Crippen LogP contribution in [-0.4, -0.2) is 46.4 Å². The molecule has 0 spiro atoms. The lowest BCUT2D eigenvalue weighted by atomic mass is 9.79. The Bertz CT molecular complexity index is 679. The standard InChI is InChI=1S/C21H33N3O2S/c1-5-22-19(23-14-21(25)12-11-18(21)27-6-2)24-16-13-20(3,4)26-17-10-8-7-9-15(16)17/h7-10,16,18,25H,5-6,11-14H2,1-4H3,(H2,22,23,24). The lowest BCUT2D eigenvalue weighted by Gasteiger charge is -2.44. The number of hydrogen-bond acceptors (Lipinski definition) is 4. The molecular formula is C21H33N3O2S. The summed E-state index contributed by atoms with van der Waals surface area (Å²) in [6.07, 6.45) is 2.77. The van der Waals surface area contributed by atoms with Crippen LogP contribution in [0.2, 0.25) is 0 Å². The van der Waals surface area contributed by atoms with Gasteiger partial charge < -0.3 is 20.5 Å². The Morgan fingerprint density at radius 1 is 1.33 bits per heavy atom. The summed E-state index contributed by atoms with van der Waals surface area (Å²) >= 11 is 1.84. The fourth-order valence-corrected chi connectivity index (χ4v) is 5.04. The van der Waals surface area contributed by atoms with E-state index in [1.807, 2.05) is 30.0 Å². The normalized spacial score (nSPS) is 29.3. The third-order valence-corrected chi connectivity index (χ3v) is 6.76. The summed E-state index contributed by atoms with van der Waals surface area (Å²) in [7, 11) is 0. The van der Waals surface area contributed by atoms with E-state index >= 15 is 0 Å². The molecule has 27 heavy (non-hydrogen) atoms. The molecule has 0 radical (unpaired) electrons. The molecule has 1 aliphatic heterocycles. The Balaban J connectivity index is 1.74. The zero-order valence-electron chi connectivity index (χ0n) is 16.9. The second kappa shape index (κ2) is 8.31. The van der Waals surface area contributed by atoms with Gasteiger partial charge in [0, 0.05) is 23.8 Å². The third-order valence-electron chi connectivity index (χ3n) is 5.35. The van der Waals surface area contributed by atoms with E-state index in [0.29, 0.717) is 11.8 Å². The number of hydrogen-bond donors (Lipinski definition) is 3. The Kier molecular flexibility index (Phi) is 6.26. The highest BCUT2D eigenvalue weighted by Gasteiger charge is 2.45. The van der Waals surface area contributed by atoms with Crippen LogP contribution in [0.5, 0.6) is 5.75 Å². The van der Waals surface area contributed by atoms with Crippen molar-refractivity contribution in [2.24, 2.45) is 4.99 Å². The minimum absolute atomic E-state index is 0.125. The van der Waals surface area contributed by atoms with E-state index in [1.165, 1.54) is 0 Å². The Morgan fingerprint density at radius 2 is 2.11 bits per heavy atom. The van der Waals surface area contributed by atoms with Gasteiger partial charge in [0.1, 0.15) is 11.4 Å². The molecule has 1 aromatic rings. The monoisotopic (exact) mass is 391 g/mol. The molecular weight excluding hydrogens is 358 g/mol. The van der Waals surface area contributed by atoms with Crippen molar-refractivity contribution in [1.29, 1.82) is 0 Å². The summed E-state index contributed by atoms with van der Waals surface area (Å²) in [5, 5.41) is 18.1. The summed E-state index contributed by atoms with van der Waals surface area (Å²) in [5.41, 5.74) is 0.248. The van der Waals surface area contributed by atoms with Gasteiger partial charge in [0.2, 0.25) is 0 Å². The molecule has 3 atom stereocenters. The smallest absolute Gasteiger partial charge is 0.191 e. The number of aliphatic hydroxyl groups is 1. The van der Waals surface area contributed by atoms with Gasteiger partial charge in [-0.25, -0.2) is 0 Å². The molecule has 3 rings (SSSR count). The van der Waals surface area contributed by atoms with Crippen LogP contribution in [0, 0.1) is 0 Å². The highest BCUT2D eigenvalue weighted by Crippen LogP contribution is 2.41. The lowest BCUT2D eigenvalue weighted by Crippen LogP contribution is -2.53. The average Bonchev–Trinajstić information content (AvgIpc) is 2.62. The van der Waals surface area contributed by atoms with E-state index in [0.717, 1.165) is 48.8 Å². The van der Waals surface area contributed by atoms with E-state index in [-0.39, 0.29) is 11.6 Å². The van der Waals surface area contributed by atoms with Crippen molar-refractivity contribution in [3.63, 3.8) is 0 Å². The quantitative estimate of drug-likeness (QED) is 0.512. The highest BCUT2D eigenvalue weighted by molar-refractivity contribution is 8.00. The van der Waals surface area contributed by atoms with Crippen molar-refractivity contribution >= 4 is 17.7 Å². The van der Waals surface area contributed by atoms with Crippen LogP contribution < -0.4 is 15.4 Å². The number of ether oxygens (including phenoxy) is 1.